The molecule has 0 saturated heterocycles. The van der Waals surface area contributed by atoms with Crippen LogP contribution in [0.2, 0.25) is 0 Å². The molecular weight excluding hydrogens is 431 g/mol. The minimum absolute atomic E-state index is 0. The summed E-state index contributed by atoms with van der Waals surface area (Å²) in [6.07, 6.45) is -2.29. The Morgan fingerprint density at radius 1 is 0.812 bits per heavy atom. The van der Waals surface area contributed by atoms with E-state index in [0.29, 0.717) is 0 Å². The monoisotopic (exact) mass is 434 g/mol. The van der Waals surface area contributed by atoms with E-state index in [-0.39, 0.29) is 114 Å². The van der Waals surface area contributed by atoms with Crippen molar-refractivity contribution in [3.05, 3.63) is 0 Å². The molecular formula is CH6Ca2O9S2Zn2. The topological polar surface area (TPSA) is 144 Å². The molecule has 0 unspecified atom stereocenters. The molecule has 0 aromatic rings. The predicted octanol–water partition coefficient (Wildman–Crippen LogP) is -3.09. The van der Waals surface area contributed by atoms with Gasteiger partial charge in [0.1, 0.15) is 0 Å². The van der Waals surface area contributed by atoms with Crippen molar-refractivity contribution in [1.29, 1.82) is 0 Å². The second-order valence-corrected chi connectivity index (χ2v) is 3.32. The van der Waals surface area contributed by atoms with Crippen molar-refractivity contribution < 1.29 is 78.1 Å². The van der Waals surface area contributed by atoms with Gasteiger partial charge in [0.15, 0.2) is 0 Å². The molecule has 0 bridgehead atoms. The Balaban J connectivity index is -0.000000101. The Morgan fingerprint density at radius 3 is 1.12 bits per heavy atom. The van der Waals surface area contributed by atoms with Crippen LogP contribution in [0.1, 0.15) is 0 Å². The van der Waals surface area contributed by atoms with E-state index >= 15 is 0 Å². The minimum Gasteiger partial charge on any atom is 0 e. The zero-order valence-corrected chi connectivity index (χ0v) is 14.1. The zero-order chi connectivity index (χ0) is 9.99. The van der Waals surface area contributed by atoms with Gasteiger partial charge in [-0.05, 0) is 0 Å². The van der Waals surface area contributed by atoms with E-state index < -0.39 is 27.0 Å². The average Bonchev–Trinajstić information content (AvgIpc) is 1.49. The molecule has 0 radical (unpaired) electrons. The molecule has 0 atom stereocenters. The maximum Gasteiger partial charge on any atom is 0 e. The molecule has 0 saturated carbocycles. The van der Waals surface area contributed by atoms with Crippen LogP contribution in [-0.4, -0.2) is 108 Å². The van der Waals surface area contributed by atoms with Gasteiger partial charge < -0.3 is 0 Å². The molecule has 0 aromatic carbocycles. The van der Waals surface area contributed by atoms with Gasteiger partial charge in [-0.3, -0.25) is 17.5 Å². The molecule has 16 heavy (non-hydrogen) atoms. The Hall–Kier alpha value is 2.86. The summed E-state index contributed by atoms with van der Waals surface area (Å²) in [6, 6.07) is 0. The third-order valence-corrected chi connectivity index (χ3v) is 1.04. The van der Waals surface area contributed by atoms with E-state index in [1.807, 2.05) is 0 Å². The maximum atomic E-state index is 9.95. The second-order valence-electron chi connectivity index (χ2n) is 1.27. The number of hydrogen-bond donors (Lipinski definition) is 2. The number of carbonyl (C=O) groups is 1. The first-order valence-corrected chi connectivity index (χ1v) is 4.71. The van der Waals surface area contributed by atoms with Crippen molar-refractivity contribution in [2.24, 2.45) is 0 Å². The fourth-order valence-electron chi connectivity index (χ4n) is 0.186. The second kappa shape index (κ2) is 12.9. The van der Waals surface area contributed by atoms with E-state index in [1.165, 1.54) is 0 Å². The number of hydrogen-bond acceptors (Lipinski definition) is 7. The largest absolute Gasteiger partial charge is 0 e. The Kier molecular flexibility index (Phi) is 25.2. The SMILES string of the molecule is O=C(OS(=O)(=O)O)OS(=O)(=O)O.[CaH2].[CaH2].[Zn].[Zn]. The first-order chi connectivity index (χ1) is 5.10. The van der Waals surface area contributed by atoms with Crippen molar-refractivity contribution in [2.45, 2.75) is 0 Å². The smallest absolute Gasteiger partial charge is 0 e. The normalized spacial score (nSPS) is 9.12. The van der Waals surface area contributed by atoms with Crippen LogP contribution >= 0.6 is 0 Å². The third kappa shape index (κ3) is 25.6. The molecule has 0 spiro atoms. The standard InChI is InChI=1S/CH2O9S2.2Ca.2Zn.4H/c2-1(9-11(3,4)5)10-12(6,7)8;;;;;;;;/h(H,3,4,5)(H,6,7,8);;;;;;;;. The molecule has 0 fully saturated rings. The molecule has 0 aliphatic carbocycles. The molecule has 0 heterocycles. The van der Waals surface area contributed by atoms with Gasteiger partial charge in [0.25, 0.3) is 0 Å². The Morgan fingerprint density at radius 2 is 1.00 bits per heavy atom. The van der Waals surface area contributed by atoms with Crippen molar-refractivity contribution >= 4 is 102 Å². The quantitative estimate of drug-likeness (QED) is 0.339. The molecule has 2 N–H and O–H groups in total. The summed E-state index contributed by atoms with van der Waals surface area (Å²) in [5, 5.41) is 0. The van der Waals surface area contributed by atoms with Gasteiger partial charge in [-0.1, -0.05) is 0 Å². The predicted molar refractivity (Wildman–Crippen MR) is 47.8 cm³/mol. The van der Waals surface area contributed by atoms with E-state index in [9.17, 15) is 21.6 Å². The molecule has 84 valence electrons. The summed E-state index contributed by atoms with van der Waals surface area (Å²) in [7, 11) is -10.3. The van der Waals surface area contributed by atoms with Gasteiger partial charge in [0.2, 0.25) is 0 Å². The molecule has 0 aromatic heterocycles. The van der Waals surface area contributed by atoms with E-state index in [4.69, 9.17) is 9.11 Å². The summed E-state index contributed by atoms with van der Waals surface area (Å²) < 4.78 is 60.1. The van der Waals surface area contributed by atoms with Crippen molar-refractivity contribution in [3.8, 4) is 0 Å². The molecule has 0 rings (SSSR count). The first kappa shape index (κ1) is 31.3. The van der Waals surface area contributed by atoms with E-state index in [1.54, 1.807) is 0 Å². The molecule has 9 nitrogen and oxygen atoms in total. The molecule has 0 aliphatic heterocycles. The number of carbonyl (C=O) groups excluding carboxylic acids is 1. The van der Waals surface area contributed by atoms with Gasteiger partial charge in [-0.25, -0.2) is 4.79 Å². The minimum atomic E-state index is -5.15. The van der Waals surface area contributed by atoms with Gasteiger partial charge in [-0.15, -0.1) is 0 Å². The summed E-state index contributed by atoms with van der Waals surface area (Å²) in [4.78, 5) is 9.95. The van der Waals surface area contributed by atoms with E-state index in [2.05, 4.69) is 8.37 Å². The molecule has 0 amide bonds. The summed E-state index contributed by atoms with van der Waals surface area (Å²) >= 11 is 0. The number of rotatable bonds is 2. The summed E-state index contributed by atoms with van der Waals surface area (Å²) in [6.45, 7) is 0. The van der Waals surface area contributed by atoms with Crippen molar-refractivity contribution in [2.75, 3.05) is 0 Å². The maximum absolute atomic E-state index is 9.95. The third-order valence-electron chi connectivity index (χ3n) is 0.347. The van der Waals surface area contributed by atoms with Crippen LogP contribution < -0.4 is 0 Å². The Bertz CT molecular complexity index is 336. The van der Waals surface area contributed by atoms with E-state index in [0.717, 1.165) is 0 Å². The van der Waals surface area contributed by atoms with Crippen molar-refractivity contribution in [3.63, 3.8) is 0 Å². The van der Waals surface area contributed by atoms with Crippen LogP contribution in [0.25, 0.3) is 0 Å². The van der Waals surface area contributed by atoms with Crippen LogP contribution in [0.3, 0.4) is 0 Å². The first-order valence-electron chi connectivity index (χ1n) is 1.98. The average molecular weight is 437 g/mol. The summed E-state index contributed by atoms with van der Waals surface area (Å²) in [5.74, 6) is 0. The van der Waals surface area contributed by atoms with Crippen molar-refractivity contribution in [1.82, 2.24) is 0 Å². The van der Waals surface area contributed by atoms with Crippen LogP contribution in [0.4, 0.5) is 4.79 Å². The summed E-state index contributed by atoms with van der Waals surface area (Å²) in [5.41, 5.74) is 0. The molecule has 15 heteroatoms. The molecule has 0 aliphatic rings. The zero-order valence-electron chi connectivity index (χ0n) is 6.48. The van der Waals surface area contributed by atoms with Gasteiger partial charge in [0.05, 0.1) is 0 Å². The fraction of sp³-hybridized carbons (Fsp3) is 0. The van der Waals surface area contributed by atoms with Gasteiger partial charge in [0, 0.05) is 39.0 Å². The van der Waals surface area contributed by atoms with Crippen LogP contribution in [0.15, 0.2) is 0 Å². The van der Waals surface area contributed by atoms with Crippen LogP contribution in [-0.2, 0) is 68.1 Å². The van der Waals surface area contributed by atoms with Crippen LogP contribution in [0, 0.1) is 0 Å². The van der Waals surface area contributed by atoms with Gasteiger partial charge in [-0.2, -0.15) is 16.8 Å². The van der Waals surface area contributed by atoms with Crippen LogP contribution in [0.5, 0.6) is 0 Å². The fourth-order valence-corrected chi connectivity index (χ4v) is 0.641. The Labute approximate surface area is 177 Å². The van der Waals surface area contributed by atoms with Gasteiger partial charge >= 0.3 is 102 Å².